The predicted octanol–water partition coefficient (Wildman–Crippen LogP) is 1.49. The molecule has 2 aromatic heterocycles. The van der Waals surface area contributed by atoms with Crippen LogP contribution in [0.25, 0.3) is 5.69 Å². The average Bonchev–Trinajstić information content (AvgIpc) is 3.16. The van der Waals surface area contributed by atoms with Crippen LogP contribution in [0.3, 0.4) is 0 Å². The predicted molar refractivity (Wildman–Crippen MR) is 74.4 cm³/mol. The summed E-state index contributed by atoms with van der Waals surface area (Å²) >= 11 is 0. The van der Waals surface area contributed by atoms with Crippen molar-refractivity contribution in [2.45, 2.75) is 20.0 Å². The van der Waals surface area contributed by atoms with E-state index >= 15 is 0 Å². The van der Waals surface area contributed by atoms with E-state index in [1.54, 1.807) is 11.0 Å². The molecule has 0 aliphatic carbocycles. The third-order valence-corrected chi connectivity index (χ3v) is 3.07. The fourth-order valence-corrected chi connectivity index (χ4v) is 2.01. The quantitative estimate of drug-likeness (QED) is 0.759. The number of benzene rings is 1. The van der Waals surface area contributed by atoms with Crippen LogP contribution in [-0.4, -0.2) is 29.8 Å². The molecule has 7 heteroatoms. The number of hydrogen-bond acceptors (Lipinski definition) is 5. The Bertz CT molecular complexity index is 672. The zero-order valence-corrected chi connectivity index (χ0v) is 11.1. The molecule has 2 heterocycles. The zero-order valence-electron chi connectivity index (χ0n) is 11.1. The first-order chi connectivity index (χ1) is 9.86. The van der Waals surface area contributed by atoms with Gasteiger partial charge in [-0.25, -0.2) is 9.67 Å². The largest absolute Gasteiger partial charge is 0.379 e. The number of aryl methyl sites for hydroxylation is 1. The van der Waals surface area contributed by atoms with Crippen LogP contribution < -0.4 is 5.32 Å². The summed E-state index contributed by atoms with van der Waals surface area (Å²) in [7, 11) is 0. The Balaban J connectivity index is 1.74. The summed E-state index contributed by atoms with van der Waals surface area (Å²) in [5.74, 6) is 0. The number of nitrogens with zero attached hydrogens (tertiary/aromatic N) is 6. The molecule has 0 saturated heterocycles. The second kappa shape index (κ2) is 5.52. The molecular formula is C13H15N7. The SMILES string of the molecule is CCn1cncc1CNc1cccc(-n2cnnn2)c1. The lowest BCUT2D eigenvalue weighted by molar-refractivity contribution is 0.719. The maximum absolute atomic E-state index is 4.16. The van der Waals surface area contributed by atoms with E-state index in [0.29, 0.717) is 0 Å². The van der Waals surface area contributed by atoms with Gasteiger partial charge in [0.1, 0.15) is 6.33 Å². The minimum absolute atomic E-state index is 0.729. The Morgan fingerprint density at radius 3 is 3.00 bits per heavy atom. The van der Waals surface area contributed by atoms with Crippen LogP contribution in [0, 0.1) is 0 Å². The molecule has 0 radical (unpaired) electrons. The van der Waals surface area contributed by atoms with Crippen molar-refractivity contribution in [1.82, 2.24) is 29.8 Å². The Morgan fingerprint density at radius 2 is 2.20 bits per heavy atom. The van der Waals surface area contributed by atoms with Crippen molar-refractivity contribution in [3.8, 4) is 5.69 Å². The lowest BCUT2D eigenvalue weighted by atomic mass is 10.2. The summed E-state index contributed by atoms with van der Waals surface area (Å²) in [6.07, 6.45) is 5.29. The van der Waals surface area contributed by atoms with Gasteiger partial charge >= 0.3 is 0 Å². The Labute approximate surface area is 116 Å². The minimum atomic E-state index is 0.729. The van der Waals surface area contributed by atoms with Crippen molar-refractivity contribution in [3.63, 3.8) is 0 Å². The monoisotopic (exact) mass is 269 g/mol. The summed E-state index contributed by atoms with van der Waals surface area (Å²) in [4.78, 5) is 4.16. The highest BCUT2D eigenvalue weighted by molar-refractivity contribution is 5.50. The second-order valence-corrected chi connectivity index (χ2v) is 4.33. The third kappa shape index (κ3) is 2.51. The molecule has 102 valence electrons. The lowest BCUT2D eigenvalue weighted by Gasteiger charge is -2.09. The van der Waals surface area contributed by atoms with Gasteiger partial charge < -0.3 is 9.88 Å². The molecule has 20 heavy (non-hydrogen) atoms. The summed E-state index contributed by atoms with van der Waals surface area (Å²) in [5, 5.41) is 14.5. The molecule has 0 fully saturated rings. The van der Waals surface area contributed by atoms with Gasteiger partial charge in [0.15, 0.2) is 0 Å². The maximum atomic E-state index is 4.16. The van der Waals surface area contributed by atoms with E-state index in [4.69, 9.17) is 0 Å². The van der Waals surface area contributed by atoms with Crippen LogP contribution >= 0.6 is 0 Å². The first-order valence-electron chi connectivity index (χ1n) is 6.43. The highest BCUT2D eigenvalue weighted by Gasteiger charge is 2.02. The van der Waals surface area contributed by atoms with Gasteiger partial charge in [0, 0.05) is 18.4 Å². The van der Waals surface area contributed by atoms with E-state index in [1.807, 2.05) is 36.8 Å². The minimum Gasteiger partial charge on any atom is -0.379 e. The summed E-state index contributed by atoms with van der Waals surface area (Å²) < 4.78 is 3.74. The van der Waals surface area contributed by atoms with Crippen molar-refractivity contribution < 1.29 is 0 Å². The Morgan fingerprint density at radius 1 is 1.25 bits per heavy atom. The molecule has 0 aliphatic heterocycles. The third-order valence-electron chi connectivity index (χ3n) is 3.07. The standard InChI is InChI=1S/C13H15N7/c1-2-19-9-14-7-13(19)8-15-11-4-3-5-12(6-11)20-10-16-17-18-20/h3-7,9-10,15H,2,8H2,1H3. The fraction of sp³-hybridized carbons (Fsp3) is 0.231. The smallest absolute Gasteiger partial charge is 0.143 e. The van der Waals surface area contributed by atoms with Gasteiger partial charge in [-0.2, -0.15) is 0 Å². The first-order valence-corrected chi connectivity index (χ1v) is 6.43. The van der Waals surface area contributed by atoms with E-state index in [-0.39, 0.29) is 0 Å². The van der Waals surface area contributed by atoms with Crippen LogP contribution in [0.5, 0.6) is 0 Å². The molecule has 1 aromatic carbocycles. The van der Waals surface area contributed by atoms with Crippen LogP contribution in [0.1, 0.15) is 12.6 Å². The van der Waals surface area contributed by atoms with Crippen LogP contribution in [0.2, 0.25) is 0 Å². The topological polar surface area (TPSA) is 73.5 Å². The molecule has 3 aromatic rings. The van der Waals surface area contributed by atoms with Crippen molar-refractivity contribution in [1.29, 1.82) is 0 Å². The second-order valence-electron chi connectivity index (χ2n) is 4.33. The summed E-state index contributed by atoms with van der Waals surface area (Å²) in [6.45, 7) is 3.75. The number of nitrogens with one attached hydrogen (secondary N) is 1. The van der Waals surface area contributed by atoms with E-state index < -0.39 is 0 Å². The molecule has 0 spiro atoms. The van der Waals surface area contributed by atoms with Crippen LogP contribution in [0.15, 0.2) is 43.1 Å². The first kappa shape index (κ1) is 12.3. The number of aromatic nitrogens is 6. The number of tetrazole rings is 1. The fourth-order valence-electron chi connectivity index (χ4n) is 2.01. The molecule has 1 N–H and O–H groups in total. The van der Waals surface area contributed by atoms with Gasteiger partial charge in [0.05, 0.1) is 24.3 Å². The van der Waals surface area contributed by atoms with Gasteiger partial charge in [-0.15, -0.1) is 5.10 Å². The Hall–Kier alpha value is -2.70. The summed E-state index contributed by atoms with van der Waals surface area (Å²) in [5.41, 5.74) is 3.09. The lowest BCUT2D eigenvalue weighted by Crippen LogP contribution is -2.06. The number of anilines is 1. The van der Waals surface area contributed by atoms with Gasteiger partial charge in [-0.1, -0.05) is 6.07 Å². The molecule has 0 amide bonds. The maximum Gasteiger partial charge on any atom is 0.143 e. The van der Waals surface area contributed by atoms with Gasteiger partial charge in [0.25, 0.3) is 0 Å². The van der Waals surface area contributed by atoms with E-state index in [2.05, 4.69) is 37.3 Å². The number of imidazole rings is 1. The van der Waals surface area contributed by atoms with Crippen molar-refractivity contribution in [2.75, 3.05) is 5.32 Å². The van der Waals surface area contributed by atoms with E-state index in [1.165, 1.54) is 0 Å². The molecule has 3 rings (SSSR count). The molecule has 7 nitrogen and oxygen atoms in total. The van der Waals surface area contributed by atoms with E-state index in [0.717, 1.165) is 30.2 Å². The molecule has 0 unspecified atom stereocenters. The highest BCUT2D eigenvalue weighted by Crippen LogP contribution is 2.14. The van der Waals surface area contributed by atoms with Crippen LogP contribution in [-0.2, 0) is 13.1 Å². The number of hydrogen-bond donors (Lipinski definition) is 1. The van der Waals surface area contributed by atoms with Gasteiger partial charge in [0.2, 0.25) is 0 Å². The van der Waals surface area contributed by atoms with Gasteiger partial charge in [-0.3, -0.25) is 0 Å². The normalized spacial score (nSPS) is 10.7. The molecule has 0 bridgehead atoms. The van der Waals surface area contributed by atoms with Crippen molar-refractivity contribution >= 4 is 5.69 Å². The molecule has 0 aliphatic rings. The highest BCUT2D eigenvalue weighted by atomic mass is 15.5. The van der Waals surface area contributed by atoms with E-state index in [9.17, 15) is 0 Å². The van der Waals surface area contributed by atoms with Crippen molar-refractivity contribution in [3.05, 3.63) is 48.8 Å². The van der Waals surface area contributed by atoms with Gasteiger partial charge in [-0.05, 0) is 35.5 Å². The average molecular weight is 269 g/mol. The van der Waals surface area contributed by atoms with Crippen molar-refractivity contribution in [2.24, 2.45) is 0 Å². The summed E-state index contributed by atoms with van der Waals surface area (Å²) in [6, 6.07) is 7.94. The molecule has 0 atom stereocenters. The molecular weight excluding hydrogens is 254 g/mol. The van der Waals surface area contributed by atoms with Crippen LogP contribution in [0.4, 0.5) is 5.69 Å². The molecule has 0 saturated carbocycles. The number of rotatable bonds is 5. The zero-order chi connectivity index (χ0) is 13.8. The Kier molecular flexibility index (Phi) is 3.40.